The largest absolute Gasteiger partial charge is 0.448 e. The number of nitrogens with two attached hydrogens (primary N) is 1. The van der Waals surface area contributed by atoms with E-state index in [4.69, 9.17) is 10.5 Å². The molecule has 132 valence electrons. The van der Waals surface area contributed by atoms with Crippen LogP contribution < -0.4 is 10.5 Å². The summed E-state index contributed by atoms with van der Waals surface area (Å²) in [5.74, 6) is 5.68. The third-order valence-electron chi connectivity index (χ3n) is 3.83. The molecule has 0 aliphatic carbocycles. The maximum absolute atomic E-state index is 12.4. The van der Waals surface area contributed by atoms with Gasteiger partial charge in [0.05, 0.1) is 14.5 Å². The van der Waals surface area contributed by atoms with Gasteiger partial charge in [0.1, 0.15) is 0 Å². The van der Waals surface area contributed by atoms with Crippen LogP contribution in [-0.4, -0.2) is 22.1 Å². The van der Waals surface area contributed by atoms with Crippen molar-refractivity contribution in [2.24, 2.45) is 11.1 Å². The molecule has 1 heterocycles. The number of ether oxygens (including phenoxy) is 1. The topological polar surface area (TPSA) is 65.2 Å². The molecule has 1 atom stereocenters. The van der Waals surface area contributed by atoms with Gasteiger partial charge in [-0.2, -0.15) is 0 Å². The molecule has 0 saturated heterocycles. The Bertz CT molecular complexity index is 892. The van der Waals surface area contributed by atoms with Gasteiger partial charge < -0.3 is 10.5 Å². The van der Waals surface area contributed by atoms with Crippen LogP contribution in [0, 0.1) is 20.8 Å². The smallest absolute Gasteiger partial charge is 0.274 e. The normalized spacial score (nSPS) is 13.7. The first kappa shape index (κ1) is 20.3. The highest BCUT2D eigenvalue weighted by atomic mass is 127. The highest BCUT2D eigenvalue weighted by Crippen LogP contribution is 2.43. The van der Waals surface area contributed by atoms with Gasteiger partial charge in [0, 0.05) is 9.86 Å². The van der Waals surface area contributed by atoms with Gasteiger partial charge in [0.15, 0.2) is 0 Å². The van der Waals surface area contributed by atoms with Gasteiger partial charge in [-0.3, -0.25) is 4.79 Å². The number of primary amides is 1. The van der Waals surface area contributed by atoms with E-state index in [0.717, 1.165) is 18.9 Å². The number of fused-ring (bicyclic) bond motifs is 1. The molecule has 0 fully saturated rings. The first-order valence-electron chi connectivity index (χ1n) is 7.41. The number of thioether (sulfide) groups is 1. The quantitative estimate of drug-likeness (QED) is 0.348. The molecule has 0 aliphatic heterocycles. The van der Waals surface area contributed by atoms with E-state index in [1.54, 1.807) is 13.2 Å². The van der Waals surface area contributed by atoms with Gasteiger partial charge in [-0.25, -0.2) is 4.98 Å². The minimum Gasteiger partial charge on any atom is -0.448 e. The molecule has 7 heteroatoms. The monoisotopic (exact) mass is 532 g/mol. The van der Waals surface area contributed by atoms with Crippen LogP contribution >= 0.6 is 50.3 Å². The number of carbonyl (C=O) groups excluding carboxylic acids is 1. The Morgan fingerprint density at radius 3 is 2.68 bits per heavy atom. The number of rotatable bonds is 5. The molecule has 0 saturated carbocycles. The number of benzene rings is 1. The van der Waals surface area contributed by atoms with Crippen molar-refractivity contribution in [3.63, 3.8) is 0 Å². The number of aromatic nitrogens is 1. The maximum Gasteiger partial charge on any atom is 0.274 e. The second kappa shape index (κ2) is 7.72. The molecule has 0 radical (unpaired) electrons. The van der Waals surface area contributed by atoms with E-state index in [0.29, 0.717) is 5.88 Å². The summed E-state index contributed by atoms with van der Waals surface area (Å²) in [6.45, 7) is 5.41. The van der Waals surface area contributed by atoms with E-state index in [9.17, 15) is 4.79 Å². The number of halogens is 2. The van der Waals surface area contributed by atoms with Crippen molar-refractivity contribution >= 4 is 67.1 Å². The van der Waals surface area contributed by atoms with Crippen LogP contribution in [0.4, 0.5) is 0 Å². The average Bonchev–Trinajstić information content (AvgIpc) is 2.53. The van der Waals surface area contributed by atoms with Gasteiger partial charge in [-0.05, 0) is 77.7 Å². The standard InChI is InChI=1S/C18H18BrIN2O2S/c1-5-9-17(2,3)18(25-4,16(21)23)24-15-13(20)10-11-7-6-8-12(19)14(11)22-15/h6-8,10H,1-4H3,(H2,21,23). The van der Waals surface area contributed by atoms with E-state index in [-0.39, 0.29) is 0 Å². The average molecular weight is 533 g/mol. The Morgan fingerprint density at radius 1 is 1.44 bits per heavy atom. The van der Waals surface area contributed by atoms with E-state index in [2.05, 4.69) is 55.3 Å². The first-order valence-corrected chi connectivity index (χ1v) is 10.5. The van der Waals surface area contributed by atoms with Gasteiger partial charge in [0.25, 0.3) is 5.91 Å². The summed E-state index contributed by atoms with van der Waals surface area (Å²) >= 11 is 6.89. The first-order chi connectivity index (χ1) is 11.7. The number of pyridine rings is 1. The van der Waals surface area contributed by atoms with Crippen LogP contribution in [0.25, 0.3) is 10.9 Å². The Balaban J connectivity index is 2.65. The van der Waals surface area contributed by atoms with E-state index < -0.39 is 16.3 Å². The summed E-state index contributed by atoms with van der Waals surface area (Å²) in [6, 6.07) is 7.80. The number of hydrogen-bond donors (Lipinski definition) is 1. The van der Waals surface area contributed by atoms with Crippen molar-refractivity contribution in [1.82, 2.24) is 4.98 Å². The highest BCUT2D eigenvalue weighted by molar-refractivity contribution is 14.1. The van der Waals surface area contributed by atoms with Gasteiger partial charge in [0.2, 0.25) is 10.8 Å². The molecule has 0 aliphatic rings. The molecule has 1 unspecified atom stereocenters. The minimum atomic E-state index is -1.36. The number of para-hydroxylation sites is 1. The van der Waals surface area contributed by atoms with Crippen molar-refractivity contribution in [2.45, 2.75) is 25.7 Å². The SMILES string of the molecule is CC#CC(C)(C)C(Oc1nc2c(Br)cccc2cc1I)(SC)C(N)=O. The Morgan fingerprint density at radius 2 is 2.12 bits per heavy atom. The summed E-state index contributed by atoms with van der Waals surface area (Å²) in [6.07, 6.45) is 1.79. The lowest BCUT2D eigenvalue weighted by Crippen LogP contribution is -2.56. The third-order valence-corrected chi connectivity index (χ3v) is 6.61. The zero-order chi connectivity index (χ0) is 18.8. The van der Waals surface area contributed by atoms with Crippen molar-refractivity contribution < 1.29 is 9.53 Å². The fourth-order valence-electron chi connectivity index (χ4n) is 2.61. The maximum atomic E-state index is 12.4. The molecule has 2 N–H and O–H groups in total. The summed E-state index contributed by atoms with van der Waals surface area (Å²) < 4.78 is 7.82. The van der Waals surface area contributed by atoms with Crippen molar-refractivity contribution in [2.75, 3.05) is 6.26 Å². The third kappa shape index (κ3) is 3.76. The fraction of sp³-hybridized carbons (Fsp3) is 0.333. The number of nitrogens with zero attached hydrogens (tertiary/aromatic N) is 1. The highest BCUT2D eigenvalue weighted by Gasteiger charge is 2.52. The molecule has 0 bridgehead atoms. The molecule has 2 rings (SSSR count). The molecule has 4 nitrogen and oxygen atoms in total. The lowest BCUT2D eigenvalue weighted by molar-refractivity contribution is -0.131. The number of amides is 1. The number of carbonyl (C=O) groups is 1. The Labute approximate surface area is 173 Å². The van der Waals surface area contributed by atoms with Gasteiger partial charge in [-0.1, -0.05) is 18.1 Å². The van der Waals surface area contributed by atoms with E-state index >= 15 is 0 Å². The molecule has 1 aromatic heterocycles. The van der Waals surface area contributed by atoms with Crippen LogP contribution in [0.2, 0.25) is 0 Å². The molecule has 2 aromatic rings. The zero-order valence-electron chi connectivity index (χ0n) is 14.3. The Hall–Kier alpha value is -0.980. The predicted octanol–water partition coefficient (Wildman–Crippen LogP) is 4.57. The van der Waals surface area contributed by atoms with Gasteiger partial charge in [-0.15, -0.1) is 17.7 Å². The summed E-state index contributed by atoms with van der Waals surface area (Å²) in [5.41, 5.74) is 5.70. The van der Waals surface area contributed by atoms with Gasteiger partial charge >= 0.3 is 0 Å². The summed E-state index contributed by atoms with van der Waals surface area (Å²) in [5, 5.41) is 0.979. The fourth-order valence-corrected chi connectivity index (χ4v) is 4.57. The van der Waals surface area contributed by atoms with Crippen LogP contribution in [0.1, 0.15) is 20.8 Å². The predicted molar refractivity (Wildman–Crippen MR) is 115 cm³/mol. The van der Waals surface area contributed by atoms with Crippen LogP contribution in [-0.2, 0) is 4.79 Å². The van der Waals surface area contributed by atoms with Crippen LogP contribution in [0.3, 0.4) is 0 Å². The van der Waals surface area contributed by atoms with Crippen molar-refractivity contribution in [3.05, 3.63) is 32.3 Å². The van der Waals surface area contributed by atoms with E-state index in [1.807, 2.05) is 38.1 Å². The summed E-state index contributed by atoms with van der Waals surface area (Å²) in [4.78, 5) is 15.6. The lowest BCUT2D eigenvalue weighted by Gasteiger charge is -2.39. The minimum absolute atomic E-state index is 0.360. The second-order valence-electron chi connectivity index (χ2n) is 5.87. The summed E-state index contributed by atoms with van der Waals surface area (Å²) in [7, 11) is 0. The van der Waals surface area contributed by atoms with Crippen molar-refractivity contribution in [3.8, 4) is 17.7 Å². The van der Waals surface area contributed by atoms with Crippen LogP contribution in [0.5, 0.6) is 5.88 Å². The molecule has 25 heavy (non-hydrogen) atoms. The molecular formula is C18H18BrIN2O2S. The van der Waals surface area contributed by atoms with E-state index in [1.165, 1.54) is 11.8 Å². The molecular weight excluding hydrogens is 515 g/mol. The molecule has 1 aromatic carbocycles. The zero-order valence-corrected chi connectivity index (χ0v) is 18.9. The van der Waals surface area contributed by atoms with Crippen LogP contribution in [0.15, 0.2) is 28.7 Å². The molecule has 0 spiro atoms. The second-order valence-corrected chi connectivity index (χ2v) is 8.87. The number of hydrogen-bond acceptors (Lipinski definition) is 4. The van der Waals surface area contributed by atoms with Crippen molar-refractivity contribution in [1.29, 1.82) is 0 Å². The molecule has 1 amide bonds. The Kier molecular flexibility index (Phi) is 6.28. The lowest BCUT2D eigenvalue weighted by atomic mass is 9.85.